The van der Waals surface area contributed by atoms with Gasteiger partial charge in [0, 0.05) is 4.90 Å². The number of rotatable bonds is 4. The maximum atomic E-state index is 5.60. The Morgan fingerprint density at radius 2 is 1.88 bits per heavy atom. The van der Waals surface area contributed by atoms with E-state index in [1.54, 1.807) is 11.8 Å². The lowest BCUT2D eigenvalue weighted by molar-refractivity contribution is 0.447. The lowest BCUT2D eigenvalue weighted by atomic mass is 10.1. The Morgan fingerprint density at radius 1 is 1.18 bits per heavy atom. The molecule has 0 aliphatic rings. The largest absolute Gasteiger partial charge is 0.452 e. The summed E-state index contributed by atoms with van der Waals surface area (Å²) < 4.78 is 6.35. The highest BCUT2D eigenvalue weighted by molar-refractivity contribution is 9.10. The highest BCUT2D eigenvalue weighted by Gasteiger charge is 2.15. The van der Waals surface area contributed by atoms with Crippen LogP contribution < -0.4 is 5.32 Å². The first-order chi connectivity index (χ1) is 8.24. The van der Waals surface area contributed by atoms with Crippen LogP contribution in [0.2, 0.25) is 0 Å². The molecule has 1 aromatic heterocycles. The van der Waals surface area contributed by atoms with Crippen molar-refractivity contribution in [1.29, 1.82) is 0 Å². The molecule has 1 heterocycles. The van der Waals surface area contributed by atoms with Crippen LogP contribution in [0.4, 0.5) is 0 Å². The van der Waals surface area contributed by atoms with Crippen molar-refractivity contribution < 1.29 is 4.42 Å². The molecular weight excluding hydrogens is 298 g/mol. The third-order valence-corrected chi connectivity index (χ3v) is 3.79. The Hall–Kier alpha value is -0.710. The van der Waals surface area contributed by atoms with Gasteiger partial charge in [-0.25, -0.2) is 0 Å². The van der Waals surface area contributed by atoms with Crippen LogP contribution >= 0.6 is 27.7 Å². The van der Waals surface area contributed by atoms with Crippen LogP contribution in [0.5, 0.6) is 0 Å². The number of thioether (sulfide) groups is 1. The smallest absolute Gasteiger partial charge is 0.169 e. The van der Waals surface area contributed by atoms with E-state index in [-0.39, 0.29) is 6.04 Å². The van der Waals surface area contributed by atoms with Crippen molar-refractivity contribution in [2.24, 2.45) is 0 Å². The Bertz CT molecular complexity index is 480. The Morgan fingerprint density at radius 3 is 2.35 bits per heavy atom. The monoisotopic (exact) mass is 311 g/mol. The van der Waals surface area contributed by atoms with E-state index in [4.69, 9.17) is 4.42 Å². The molecular formula is C13H14BrNOS. The summed E-state index contributed by atoms with van der Waals surface area (Å²) in [6.45, 7) is 0. The van der Waals surface area contributed by atoms with Crippen LogP contribution in [-0.2, 0) is 0 Å². The zero-order valence-corrected chi connectivity index (χ0v) is 12.1. The third-order valence-electron chi connectivity index (χ3n) is 2.62. The summed E-state index contributed by atoms with van der Waals surface area (Å²) in [5.41, 5.74) is 1.20. The molecule has 17 heavy (non-hydrogen) atoms. The fourth-order valence-electron chi connectivity index (χ4n) is 1.75. The molecule has 0 saturated heterocycles. The summed E-state index contributed by atoms with van der Waals surface area (Å²) in [6.07, 6.45) is 2.08. The SMILES string of the molecule is CNC(c1ccc(SC)cc1)c1ccc(Br)o1. The summed E-state index contributed by atoms with van der Waals surface area (Å²) in [7, 11) is 1.93. The van der Waals surface area contributed by atoms with Crippen LogP contribution in [0.25, 0.3) is 0 Å². The number of benzene rings is 1. The maximum absolute atomic E-state index is 5.60. The molecule has 2 nitrogen and oxygen atoms in total. The molecule has 0 radical (unpaired) electrons. The van der Waals surface area contributed by atoms with Gasteiger partial charge in [-0.15, -0.1) is 11.8 Å². The minimum absolute atomic E-state index is 0.0946. The van der Waals surface area contributed by atoms with Crippen molar-refractivity contribution in [3.05, 3.63) is 52.4 Å². The van der Waals surface area contributed by atoms with Gasteiger partial charge < -0.3 is 9.73 Å². The summed E-state index contributed by atoms with van der Waals surface area (Å²) in [5.74, 6) is 0.913. The average molecular weight is 312 g/mol. The number of furan rings is 1. The van der Waals surface area contributed by atoms with Crippen LogP contribution in [0, 0.1) is 0 Å². The van der Waals surface area contributed by atoms with Gasteiger partial charge in [0.25, 0.3) is 0 Å². The molecule has 2 aromatic rings. The van der Waals surface area contributed by atoms with E-state index in [2.05, 4.69) is 51.8 Å². The van der Waals surface area contributed by atoms with E-state index in [1.807, 2.05) is 19.2 Å². The second-order valence-corrected chi connectivity index (χ2v) is 5.30. The van der Waals surface area contributed by atoms with Crippen LogP contribution in [0.1, 0.15) is 17.4 Å². The molecule has 0 saturated carbocycles. The molecule has 90 valence electrons. The molecule has 4 heteroatoms. The van der Waals surface area contributed by atoms with Gasteiger partial charge in [-0.1, -0.05) is 12.1 Å². The normalized spacial score (nSPS) is 12.6. The lowest BCUT2D eigenvalue weighted by Gasteiger charge is -2.14. The van der Waals surface area contributed by atoms with Gasteiger partial charge in [-0.05, 0) is 59.1 Å². The zero-order chi connectivity index (χ0) is 12.3. The molecule has 1 unspecified atom stereocenters. The van der Waals surface area contributed by atoms with Crippen molar-refractivity contribution in [3.63, 3.8) is 0 Å². The Kier molecular flexibility index (Phi) is 4.31. The van der Waals surface area contributed by atoms with Crippen LogP contribution in [0.15, 0.2) is 50.4 Å². The van der Waals surface area contributed by atoms with E-state index >= 15 is 0 Å². The number of nitrogens with one attached hydrogen (secondary N) is 1. The molecule has 0 bridgehead atoms. The first kappa shape index (κ1) is 12.7. The highest BCUT2D eigenvalue weighted by atomic mass is 79.9. The summed E-state index contributed by atoms with van der Waals surface area (Å²) in [5, 5.41) is 3.26. The van der Waals surface area contributed by atoms with Crippen LogP contribution in [-0.4, -0.2) is 13.3 Å². The van der Waals surface area contributed by atoms with Gasteiger partial charge in [0.05, 0.1) is 6.04 Å². The molecule has 0 aliphatic carbocycles. The second kappa shape index (κ2) is 5.76. The predicted molar refractivity (Wildman–Crippen MR) is 75.5 cm³/mol. The van der Waals surface area contributed by atoms with E-state index in [0.29, 0.717) is 0 Å². The zero-order valence-electron chi connectivity index (χ0n) is 9.74. The second-order valence-electron chi connectivity index (χ2n) is 3.64. The summed E-state index contributed by atoms with van der Waals surface area (Å²) in [6, 6.07) is 12.5. The molecule has 0 spiro atoms. The molecule has 0 fully saturated rings. The van der Waals surface area contributed by atoms with Crippen molar-refractivity contribution in [1.82, 2.24) is 5.32 Å². The molecule has 0 amide bonds. The first-order valence-electron chi connectivity index (χ1n) is 5.31. The molecule has 1 N–H and O–H groups in total. The van der Waals surface area contributed by atoms with E-state index in [9.17, 15) is 0 Å². The lowest BCUT2D eigenvalue weighted by Crippen LogP contribution is -2.16. The van der Waals surface area contributed by atoms with Gasteiger partial charge in [0.1, 0.15) is 5.76 Å². The number of hydrogen-bond donors (Lipinski definition) is 1. The first-order valence-corrected chi connectivity index (χ1v) is 7.33. The van der Waals surface area contributed by atoms with E-state index < -0.39 is 0 Å². The van der Waals surface area contributed by atoms with Gasteiger partial charge >= 0.3 is 0 Å². The van der Waals surface area contributed by atoms with E-state index in [0.717, 1.165) is 10.4 Å². The minimum atomic E-state index is 0.0946. The minimum Gasteiger partial charge on any atom is -0.452 e. The standard InChI is InChI=1S/C13H14BrNOS/c1-15-13(11-7-8-12(14)16-11)9-3-5-10(17-2)6-4-9/h3-8,13,15H,1-2H3. The molecule has 2 rings (SSSR count). The predicted octanol–water partition coefficient (Wildman–Crippen LogP) is 4.07. The number of halogens is 1. The van der Waals surface area contributed by atoms with Gasteiger partial charge in [0.15, 0.2) is 4.67 Å². The van der Waals surface area contributed by atoms with Crippen molar-refractivity contribution in [2.75, 3.05) is 13.3 Å². The fraction of sp³-hybridized carbons (Fsp3) is 0.231. The number of hydrogen-bond acceptors (Lipinski definition) is 3. The van der Waals surface area contributed by atoms with E-state index in [1.165, 1.54) is 10.5 Å². The average Bonchev–Trinajstić information content (AvgIpc) is 2.78. The topological polar surface area (TPSA) is 25.2 Å². The molecule has 0 aliphatic heterocycles. The van der Waals surface area contributed by atoms with Crippen molar-refractivity contribution >= 4 is 27.7 Å². The van der Waals surface area contributed by atoms with Gasteiger partial charge in [-0.3, -0.25) is 0 Å². The Labute approximate surface area is 114 Å². The van der Waals surface area contributed by atoms with Gasteiger partial charge in [0.2, 0.25) is 0 Å². The van der Waals surface area contributed by atoms with Crippen molar-refractivity contribution in [3.8, 4) is 0 Å². The quantitative estimate of drug-likeness (QED) is 0.862. The maximum Gasteiger partial charge on any atom is 0.169 e. The van der Waals surface area contributed by atoms with Crippen molar-refractivity contribution in [2.45, 2.75) is 10.9 Å². The fourth-order valence-corrected chi connectivity index (χ4v) is 2.48. The molecule has 1 aromatic carbocycles. The highest BCUT2D eigenvalue weighted by Crippen LogP contribution is 2.27. The Balaban J connectivity index is 2.28. The van der Waals surface area contributed by atoms with Crippen LogP contribution in [0.3, 0.4) is 0 Å². The van der Waals surface area contributed by atoms with Gasteiger partial charge in [-0.2, -0.15) is 0 Å². The molecule has 1 atom stereocenters. The summed E-state index contributed by atoms with van der Waals surface area (Å²) in [4.78, 5) is 1.27. The third kappa shape index (κ3) is 2.94. The summed E-state index contributed by atoms with van der Waals surface area (Å²) >= 11 is 5.07.